The molecule has 1 heterocycles. The molecule has 1 aliphatic rings. The minimum Gasteiger partial charge on any atom is -0.492 e. The number of hydrogen-bond donors (Lipinski definition) is 1. The monoisotopic (exact) mass is 375 g/mol. The van der Waals surface area contributed by atoms with Crippen LogP contribution in [0.15, 0.2) is 53.4 Å². The van der Waals surface area contributed by atoms with Gasteiger partial charge in [-0.2, -0.15) is 0 Å². The van der Waals surface area contributed by atoms with Gasteiger partial charge in [0.05, 0.1) is 22.8 Å². The quantitative estimate of drug-likeness (QED) is 0.869. The van der Waals surface area contributed by atoms with Gasteiger partial charge in [-0.3, -0.25) is 0 Å². The first kappa shape index (κ1) is 18.5. The SMILES string of the molecule is C[C@H]1CCN(C)c2ccccc2N1CCOc1ccc(S(N)(=O)=O)cc1. The van der Waals surface area contributed by atoms with Crippen molar-refractivity contribution < 1.29 is 13.2 Å². The maximum atomic E-state index is 11.3. The summed E-state index contributed by atoms with van der Waals surface area (Å²) in [6.45, 7) is 4.52. The van der Waals surface area contributed by atoms with E-state index in [2.05, 4.69) is 48.0 Å². The number of fused-ring (bicyclic) bond motifs is 1. The third-order valence-electron chi connectivity index (χ3n) is 4.77. The third kappa shape index (κ3) is 4.11. The molecule has 26 heavy (non-hydrogen) atoms. The second-order valence-corrected chi connectivity index (χ2v) is 8.17. The van der Waals surface area contributed by atoms with Crippen molar-refractivity contribution in [1.29, 1.82) is 0 Å². The summed E-state index contributed by atoms with van der Waals surface area (Å²) in [5.41, 5.74) is 2.45. The van der Waals surface area contributed by atoms with Crippen LogP contribution in [0.3, 0.4) is 0 Å². The van der Waals surface area contributed by atoms with Gasteiger partial charge in [-0.25, -0.2) is 13.6 Å². The van der Waals surface area contributed by atoms with Crippen molar-refractivity contribution in [3.05, 3.63) is 48.5 Å². The predicted octanol–water partition coefficient (Wildman–Crippen LogP) is 2.45. The molecular formula is C19H25N3O3S. The number of rotatable bonds is 5. The van der Waals surface area contributed by atoms with Crippen LogP contribution < -0.4 is 19.7 Å². The summed E-state index contributed by atoms with van der Waals surface area (Å²) >= 11 is 0. The summed E-state index contributed by atoms with van der Waals surface area (Å²) in [6.07, 6.45) is 1.08. The fourth-order valence-electron chi connectivity index (χ4n) is 3.25. The highest BCUT2D eigenvalue weighted by Crippen LogP contribution is 2.33. The lowest BCUT2D eigenvalue weighted by molar-refractivity contribution is 0.319. The highest BCUT2D eigenvalue weighted by molar-refractivity contribution is 7.89. The Morgan fingerprint density at radius 3 is 2.42 bits per heavy atom. The van der Waals surface area contributed by atoms with E-state index in [1.807, 2.05) is 0 Å². The lowest BCUT2D eigenvalue weighted by Crippen LogP contribution is -2.36. The molecular weight excluding hydrogens is 350 g/mol. The number of benzene rings is 2. The Morgan fingerprint density at radius 1 is 1.12 bits per heavy atom. The maximum absolute atomic E-state index is 11.3. The molecule has 0 aromatic heterocycles. The minimum absolute atomic E-state index is 0.0861. The molecule has 2 aromatic carbocycles. The molecule has 2 N–H and O–H groups in total. The van der Waals surface area contributed by atoms with Gasteiger partial charge in [0.2, 0.25) is 10.0 Å². The number of nitrogens with two attached hydrogens (primary N) is 1. The van der Waals surface area contributed by atoms with Crippen molar-refractivity contribution in [3.63, 3.8) is 0 Å². The van der Waals surface area contributed by atoms with Gasteiger partial charge in [-0.15, -0.1) is 0 Å². The van der Waals surface area contributed by atoms with Crippen LogP contribution in [0.25, 0.3) is 0 Å². The lowest BCUT2D eigenvalue weighted by Gasteiger charge is -2.30. The number of ether oxygens (including phenoxy) is 1. The summed E-state index contributed by atoms with van der Waals surface area (Å²) in [5.74, 6) is 0.630. The molecule has 0 fully saturated rings. The van der Waals surface area contributed by atoms with E-state index in [1.165, 1.54) is 23.5 Å². The number of hydrogen-bond acceptors (Lipinski definition) is 5. The van der Waals surface area contributed by atoms with Crippen LogP contribution in [0, 0.1) is 0 Å². The van der Waals surface area contributed by atoms with E-state index in [9.17, 15) is 8.42 Å². The van der Waals surface area contributed by atoms with Crippen molar-refractivity contribution in [1.82, 2.24) is 0 Å². The van der Waals surface area contributed by atoms with Gasteiger partial charge >= 0.3 is 0 Å². The van der Waals surface area contributed by atoms with E-state index in [0.29, 0.717) is 18.4 Å². The largest absolute Gasteiger partial charge is 0.492 e. The van der Waals surface area contributed by atoms with E-state index < -0.39 is 10.0 Å². The Balaban J connectivity index is 1.68. The first-order chi connectivity index (χ1) is 12.4. The number of primary sulfonamides is 1. The van der Waals surface area contributed by atoms with Crippen LogP contribution >= 0.6 is 0 Å². The zero-order valence-electron chi connectivity index (χ0n) is 15.1. The standard InChI is InChI=1S/C19H25N3O3S/c1-15-11-12-21(2)18-5-3-4-6-19(18)22(15)13-14-25-16-7-9-17(10-8-16)26(20,23)24/h3-10,15H,11-14H2,1-2H3,(H2,20,23,24)/t15-/m0/s1. The molecule has 2 aromatic rings. The van der Waals surface area contributed by atoms with E-state index in [4.69, 9.17) is 9.88 Å². The van der Waals surface area contributed by atoms with Crippen molar-refractivity contribution >= 4 is 21.4 Å². The van der Waals surface area contributed by atoms with E-state index in [1.54, 1.807) is 12.1 Å². The average molecular weight is 375 g/mol. The molecule has 0 spiro atoms. The van der Waals surface area contributed by atoms with Crippen LogP contribution in [0.5, 0.6) is 5.75 Å². The van der Waals surface area contributed by atoms with Crippen molar-refractivity contribution in [2.45, 2.75) is 24.3 Å². The van der Waals surface area contributed by atoms with Gasteiger partial charge in [-0.1, -0.05) is 12.1 Å². The molecule has 0 unspecified atom stereocenters. The highest BCUT2D eigenvalue weighted by Gasteiger charge is 2.23. The van der Waals surface area contributed by atoms with Gasteiger partial charge in [0.25, 0.3) is 0 Å². The van der Waals surface area contributed by atoms with E-state index in [0.717, 1.165) is 19.5 Å². The maximum Gasteiger partial charge on any atom is 0.238 e. The van der Waals surface area contributed by atoms with Crippen LogP contribution in [0.1, 0.15) is 13.3 Å². The zero-order valence-corrected chi connectivity index (χ0v) is 15.9. The molecule has 0 radical (unpaired) electrons. The molecule has 140 valence electrons. The first-order valence-corrected chi connectivity index (χ1v) is 10.2. The zero-order chi connectivity index (χ0) is 18.7. The van der Waals surface area contributed by atoms with Gasteiger partial charge in [0, 0.05) is 19.6 Å². The van der Waals surface area contributed by atoms with Crippen molar-refractivity contribution in [2.75, 3.05) is 36.5 Å². The molecule has 0 saturated heterocycles. The molecule has 0 aliphatic carbocycles. The van der Waals surface area contributed by atoms with Crippen LogP contribution in [0.2, 0.25) is 0 Å². The number of nitrogens with zero attached hydrogens (tertiary/aromatic N) is 2. The Hall–Kier alpha value is -2.25. The summed E-state index contributed by atoms with van der Waals surface area (Å²) in [7, 11) is -1.55. The molecule has 3 rings (SSSR count). The number of para-hydroxylation sites is 2. The lowest BCUT2D eigenvalue weighted by atomic mass is 10.2. The van der Waals surface area contributed by atoms with E-state index >= 15 is 0 Å². The summed E-state index contributed by atoms with van der Waals surface area (Å²) in [6, 6.07) is 15.0. The summed E-state index contributed by atoms with van der Waals surface area (Å²) in [5, 5.41) is 5.11. The van der Waals surface area contributed by atoms with Crippen molar-refractivity contribution in [2.24, 2.45) is 5.14 Å². The Kier molecular flexibility index (Phi) is 5.38. The van der Waals surface area contributed by atoms with Crippen LogP contribution in [-0.2, 0) is 10.0 Å². The van der Waals surface area contributed by atoms with Crippen LogP contribution in [0.4, 0.5) is 11.4 Å². The summed E-state index contributed by atoms with van der Waals surface area (Å²) in [4.78, 5) is 4.75. The molecule has 1 atom stereocenters. The van der Waals surface area contributed by atoms with Gasteiger partial charge in [0.15, 0.2) is 0 Å². The topological polar surface area (TPSA) is 75.9 Å². The second-order valence-electron chi connectivity index (χ2n) is 6.61. The fourth-order valence-corrected chi connectivity index (χ4v) is 3.77. The smallest absolute Gasteiger partial charge is 0.238 e. The van der Waals surface area contributed by atoms with E-state index in [-0.39, 0.29) is 4.90 Å². The Labute approximate surface area is 155 Å². The molecule has 0 bridgehead atoms. The molecule has 1 aliphatic heterocycles. The van der Waals surface area contributed by atoms with Crippen molar-refractivity contribution in [3.8, 4) is 5.75 Å². The van der Waals surface area contributed by atoms with Gasteiger partial charge < -0.3 is 14.5 Å². The summed E-state index contributed by atoms with van der Waals surface area (Å²) < 4.78 is 28.4. The Bertz CT molecular complexity index is 853. The first-order valence-electron chi connectivity index (χ1n) is 8.69. The predicted molar refractivity (Wildman–Crippen MR) is 104 cm³/mol. The Morgan fingerprint density at radius 2 is 1.77 bits per heavy atom. The number of anilines is 2. The molecule has 0 amide bonds. The number of sulfonamides is 1. The third-order valence-corrected chi connectivity index (χ3v) is 5.70. The highest BCUT2D eigenvalue weighted by atomic mass is 32.2. The minimum atomic E-state index is -3.68. The van der Waals surface area contributed by atoms with Gasteiger partial charge in [0.1, 0.15) is 12.4 Å². The fraction of sp³-hybridized carbons (Fsp3) is 0.368. The molecule has 6 nitrogen and oxygen atoms in total. The molecule has 0 saturated carbocycles. The second kappa shape index (κ2) is 7.55. The average Bonchev–Trinajstić information content (AvgIpc) is 2.73. The van der Waals surface area contributed by atoms with Crippen LogP contribution in [-0.4, -0.2) is 41.2 Å². The van der Waals surface area contributed by atoms with Gasteiger partial charge in [-0.05, 0) is 49.7 Å². The normalized spacial score (nSPS) is 17.6. The molecule has 7 heteroatoms.